The van der Waals surface area contributed by atoms with E-state index in [0.717, 1.165) is 36.4 Å². The molecule has 0 heterocycles. The molecule has 1 fully saturated rings. The maximum Gasteiger partial charge on any atom is 0.416 e. The molecular formula is C30H38BF6N5O4. The fourth-order valence-corrected chi connectivity index (χ4v) is 5.38. The number of halogens is 6. The second-order valence-electron chi connectivity index (χ2n) is 11.9. The lowest BCUT2D eigenvalue weighted by molar-refractivity contribution is -0.138. The van der Waals surface area contributed by atoms with Crippen molar-refractivity contribution in [1.29, 1.82) is 0 Å². The van der Waals surface area contributed by atoms with Gasteiger partial charge in [-0.2, -0.15) is 26.3 Å². The molecule has 9 N–H and O–H groups in total. The number of carbonyl (C=O) groups excluding carboxylic acids is 3. The average molecular weight is 657 g/mol. The number of hydrogen-bond acceptors (Lipinski definition) is 7. The number of nitrogens with two attached hydrogens (primary N) is 3. The number of benzene rings is 2. The van der Waals surface area contributed by atoms with E-state index in [1.54, 1.807) is 0 Å². The van der Waals surface area contributed by atoms with Crippen LogP contribution in [0.4, 0.5) is 26.3 Å². The van der Waals surface area contributed by atoms with Crippen LogP contribution in [-0.2, 0) is 39.6 Å². The Hall–Kier alpha value is -3.47. The normalized spacial score (nSPS) is 20.0. The first kappa shape index (κ1) is 37.0. The van der Waals surface area contributed by atoms with Gasteiger partial charge >= 0.3 is 19.3 Å². The molecule has 3 rings (SSSR count). The molecule has 9 nitrogen and oxygen atoms in total. The summed E-state index contributed by atoms with van der Waals surface area (Å²) in [5.74, 6) is -1.97. The van der Waals surface area contributed by atoms with Crippen LogP contribution in [0.3, 0.4) is 0 Å². The Kier molecular flexibility index (Phi) is 12.4. The molecule has 5 atom stereocenters. The Morgan fingerprint density at radius 3 is 2.04 bits per heavy atom. The first-order valence-corrected chi connectivity index (χ1v) is 14.8. The molecular weight excluding hydrogens is 619 g/mol. The number of nitrogens with one attached hydrogen (secondary N) is 2. The number of rotatable bonds is 12. The van der Waals surface area contributed by atoms with Crippen LogP contribution in [-0.4, -0.2) is 59.7 Å². The van der Waals surface area contributed by atoms with E-state index in [2.05, 4.69) is 10.6 Å². The summed E-state index contributed by atoms with van der Waals surface area (Å²) in [6.07, 6.45) is -8.80. The molecule has 1 aliphatic rings. The zero-order chi connectivity index (χ0) is 34.4. The van der Waals surface area contributed by atoms with E-state index in [-0.39, 0.29) is 59.9 Å². The van der Waals surface area contributed by atoms with Crippen LogP contribution in [0, 0.1) is 0 Å². The molecule has 2 aromatic carbocycles. The molecule has 1 unspecified atom stereocenters. The molecule has 1 saturated carbocycles. The summed E-state index contributed by atoms with van der Waals surface area (Å²) < 4.78 is 79.7. The summed E-state index contributed by atoms with van der Waals surface area (Å²) in [5.41, 5.74) is 16.0. The Labute approximate surface area is 262 Å². The zero-order valence-corrected chi connectivity index (χ0v) is 25.1. The van der Waals surface area contributed by atoms with Crippen molar-refractivity contribution < 1.29 is 45.8 Å². The summed E-state index contributed by atoms with van der Waals surface area (Å²) in [5, 5.41) is 15.2. The summed E-state index contributed by atoms with van der Waals surface area (Å²) >= 11 is 0. The van der Waals surface area contributed by atoms with E-state index in [1.807, 2.05) is 0 Å². The molecule has 2 amide bonds. The molecule has 0 spiro atoms. The lowest BCUT2D eigenvalue weighted by Gasteiger charge is -2.31. The Morgan fingerprint density at radius 1 is 0.913 bits per heavy atom. The molecule has 0 saturated heterocycles. The van der Waals surface area contributed by atoms with Gasteiger partial charge in [-0.15, -0.1) is 0 Å². The number of ketones is 1. The second-order valence-corrected chi connectivity index (χ2v) is 11.9. The summed E-state index contributed by atoms with van der Waals surface area (Å²) in [4.78, 5) is 38.9. The molecule has 0 radical (unpaired) electrons. The van der Waals surface area contributed by atoms with E-state index < -0.39 is 60.6 Å². The number of carbonyl (C=O) groups is 3. The van der Waals surface area contributed by atoms with E-state index in [4.69, 9.17) is 17.2 Å². The highest BCUT2D eigenvalue weighted by molar-refractivity contribution is 6.64. The highest BCUT2D eigenvalue weighted by Crippen LogP contribution is 2.30. The first-order chi connectivity index (χ1) is 21.3. The number of hydrogen-bond donors (Lipinski definition) is 6. The lowest BCUT2D eigenvalue weighted by atomic mass is 9.63. The number of amides is 2. The molecule has 16 heteroatoms. The van der Waals surface area contributed by atoms with E-state index in [9.17, 15) is 45.8 Å². The van der Waals surface area contributed by atoms with Crippen molar-refractivity contribution >= 4 is 30.0 Å². The lowest BCUT2D eigenvalue weighted by Crippen LogP contribution is -2.51. The van der Waals surface area contributed by atoms with Gasteiger partial charge in [0.25, 0.3) is 0 Å². The monoisotopic (exact) mass is 657 g/mol. The van der Waals surface area contributed by atoms with Gasteiger partial charge < -0.3 is 32.9 Å². The van der Waals surface area contributed by atoms with Gasteiger partial charge in [0, 0.05) is 31.0 Å². The van der Waals surface area contributed by atoms with Crippen LogP contribution >= 0.6 is 0 Å². The summed E-state index contributed by atoms with van der Waals surface area (Å²) in [7, 11) is 0. The van der Waals surface area contributed by atoms with Gasteiger partial charge in [0.05, 0.1) is 23.2 Å². The Morgan fingerprint density at radius 2 is 1.50 bits per heavy atom. The second kappa shape index (κ2) is 15.4. The largest absolute Gasteiger partial charge is 0.447 e. The summed E-state index contributed by atoms with van der Waals surface area (Å²) in [6.45, 7) is -0.0179. The molecule has 0 aromatic heterocycles. The molecule has 0 bridgehead atoms. The minimum atomic E-state index is -4.77. The van der Waals surface area contributed by atoms with Crippen LogP contribution < -0.4 is 33.3 Å². The standard InChI is InChI=1S/C30H38BF6N5O4/c1-31(46)20-9-17(8-19(12-20)30(35,36)37)11-26(43)25(10-16-2-4-18(5-3-16)29(32,33)34)42-28(45)24(40)6-7-27(44)41-23-14-21(38)13-22(39)15-23/h2-5,8-9,12,21-25,46H,6-7,10-11,13-15,38-40H2,1H3,(H,41,44)(H,42,45)/t21-,22+,23?,24-,25+/m0/s1. The molecule has 1 aliphatic carbocycles. The van der Waals surface area contributed by atoms with Gasteiger partial charge in [0.2, 0.25) is 11.8 Å². The van der Waals surface area contributed by atoms with Crippen LogP contribution in [0.5, 0.6) is 0 Å². The smallest absolute Gasteiger partial charge is 0.416 e. The van der Waals surface area contributed by atoms with Crippen LogP contribution in [0.1, 0.15) is 54.4 Å². The van der Waals surface area contributed by atoms with Crippen molar-refractivity contribution in [3.8, 4) is 0 Å². The number of alkyl halides is 6. The van der Waals surface area contributed by atoms with Crippen molar-refractivity contribution in [3.63, 3.8) is 0 Å². The highest BCUT2D eigenvalue weighted by atomic mass is 19.4. The van der Waals surface area contributed by atoms with Gasteiger partial charge in [0.15, 0.2) is 5.78 Å². The van der Waals surface area contributed by atoms with E-state index in [1.165, 1.54) is 12.9 Å². The van der Waals surface area contributed by atoms with Crippen LogP contribution in [0.15, 0.2) is 42.5 Å². The van der Waals surface area contributed by atoms with Gasteiger partial charge in [-0.05, 0) is 66.9 Å². The third kappa shape index (κ3) is 11.1. The third-order valence-corrected chi connectivity index (χ3v) is 7.79. The van der Waals surface area contributed by atoms with Gasteiger partial charge in [-0.1, -0.05) is 31.1 Å². The highest BCUT2D eigenvalue weighted by Gasteiger charge is 2.33. The minimum Gasteiger partial charge on any atom is -0.447 e. The van der Waals surface area contributed by atoms with Gasteiger partial charge in [0.1, 0.15) is 0 Å². The third-order valence-electron chi connectivity index (χ3n) is 7.79. The van der Waals surface area contributed by atoms with Crippen molar-refractivity contribution in [1.82, 2.24) is 10.6 Å². The maximum absolute atomic E-state index is 13.5. The maximum atomic E-state index is 13.5. The van der Waals surface area contributed by atoms with Crippen molar-refractivity contribution in [2.75, 3.05) is 0 Å². The molecule has 0 aliphatic heterocycles. The van der Waals surface area contributed by atoms with Crippen LogP contribution in [0.25, 0.3) is 0 Å². The van der Waals surface area contributed by atoms with E-state index >= 15 is 0 Å². The van der Waals surface area contributed by atoms with E-state index in [0.29, 0.717) is 19.3 Å². The quantitative estimate of drug-likeness (QED) is 0.149. The number of Topliss-reactive ketones (excluding diaryl/α,β-unsaturated/α-hetero) is 1. The van der Waals surface area contributed by atoms with Gasteiger partial charge in [-0.25, -0.2) is 0 Å². The SMILES string of the molecule is CB(O)c1cc(CC(=O)[C@@H](Cc2ccc(C(F)(F)F)cc2)NC(=O)[C@@H](N)CCC(=O)NC2C[C@@H](N)C[C@@H](N)C2)cc(C(F)(F)F)c1. The summed E-state index contributed by atoms with van der Waals surface area (Å²) in [6, 6.07) is 3.39. The van der Waals surface area contributed by atoms with Crippen LogP contribution in [0.2, 0.25) is 6.82 Å². The Bertz CT molecular complexity index is 1360. The molecule has 2 aromatic rings. The fourth-order valence-electron chi connectivity index (χ4n) is 5.38. The van der Waals surface area contributed by atoms with Gasteiger partial charge in [-0.3, -0.25) is 14.4 Å². The molecule has 252 valence electrons. The zero-order valence-electron chi connectivity index (χ0n) is 25.1. The topological polar surface area (TPSA) is 174 Å². The average Bonchev–Trinajstić information content (AvgIpc) is 2.94. The Balaban J connectivity index is 1.75. The van der Waals surface area contributed by atoms with Crippen molar-refractivity contribution in [2.45, 2.75) is 94.3 Å². The predicted molar refractivity (Wildman–Crippen MR) is 160 cm³/mol. The fraction of sp³-hybridized carbons (Fsp3) is 0.500. The molecule has 46 heavy (non-hydrogen) atoms. The first-order valence-electron chi connectivity index (χ1n) is 14.8. The predicted octanol–water partition coefficient (Wildman–Crippen LogP) is 1.81. The van der Waals surface area contributed by atoms with Crippen molar-refractivity contribution in [3.05, 3.63) is 64.7 Å². The van der Waals surface area contributed by atoms with Crippen molar-refractivity contribution in [2.24, 2.45) is 17.2 Å². The minimum absolute atomic E-state index is 0.0848.